The van der Waals surface area contributed by atoms with E-state index in [9.17, 15) is 0 Å². The molecule has 1 aliphatic rings. The molecule has 0 saturated carbocycles. The molecule has 25 heavy (non-hydrogen) atoms. The third-order valence-corrected chi connectivity index (χ3v) is 4.83. The van der Waals surface area contributed by atoms with Gasteiger partial charge in [0.05, 0.1) is 5.69 Å². The number of benzene rings is 1. The molecule has 0 atom stereocenters. The number of fused-ring (bicyclic) bond motifs is 2. The zero-order valence-corrected chi connectivity index (χ0v) is 13.7. The maximum atomic E-state index is 4.51. The van der Waals surface area contributed by atoms with Crippen molar-refractivity contribution in [3.8, 4) is 11.3 Å². The molecule has 4 aromatic rings. The van der Waals surface area contributed by atoms with Crippen LogP contribution >= 0.6 is 0 Å². The Labute approximate surface area is 145 Å². The summed E-state index contributed by atoms with van der Waals surface area (Å²) in [5.74, 6) is 0.970. The van der Waals surface area contributed by atoms with Gasteiger partial charge in [0.2, 0.25) is 0 Å². The molecule has 0 saturated heterocycles. The van der Waals surface area contributed by atoms with E-state index in [1.165, 1.54) is 11.1 Å². The average molecular weight is 327 g/mol. The molecular weight excluding hydrogens is 310 g/mol. The van der Waals surface area contributed by atoms with Gasteiger partial charge in [0, 0.05) is 42.5 Å². The van der Waals surface area contributed by atoms with Crippen molar-refractivity contribution in [2.24, 2.45) is 0 Å². The Hall–Kier alpha value is -3.21. The van der Waals surface area contributed by atoms with Gasteiger partial charge in [-0.05, 0) is 29.7 Å². The van der Waals surface area contributed by atoms with Crippen LogP contribution in [0.1, 0.15) is 11.1 Å². The number of rotatable bonds is 2. The summed E-state index contributed by atoms with van der Waals surface area (Å²) in [4.78, 5) is 18.9. The lowest BCUT2D eigenvalue weighted by atomic mass is 10.00. The number of hydrogen-bond acceptors (Lipinski definition) is 4. The van der Waals surface area contributed by atoms with Crippen LogP contribution in [-0.4, -0.2) is 26.5 Å². The third-order valence-electron chi connectivity index (χ3n) is 4.83. The van der Waals surface area contributed by atoms with E-state index in [1.54, 1.807) is 12.5 Å². The van der Waals surface area contributed by atoms with Crippen LogP contribution in [0, 0.1) is 0 Å². The fourth-order valence-electron chi connectivity index (χ4n) is 3.53. The Kier molecular flexibility index (Phi) is 3.23. The van der Waals surface area contributed by atoms with Crippen molar-refractivity contribution in [3.05, 3.63) is 72.3 Å². The van der Waals surface area contributed by atoms with E-state index in [-0.39, 0.29) is 0 Å². The van der Waals surface area contributed by atoms with Crippen LogP contribution in [0.3, 0.4) is 0 Å². The Morgan fingerprint density at radius 3 is 2.84 bits per heavy atom. The first-order chi connectivity index (χ1) is 12.4. The molecule has 1 aromatic carbocycles. The van der Waals surface area contributed by atoms with Gasteiger partial charge in [0.15, 0.2) is 0 Å². The van der Waals surface area contributed by atoms with E-state index in [0.717, 1.165) is 47.6 Å². The maximum absolute atomic E-state index is 4.51. The van der Waals surface area contributed by atoms with Crippen LogP contribution in [0.5, 0.6) is 0 Å². The molecular formula is C20H17N5. The van der Waals surface area contributed by atoms with Crippen molar-refractivity contribution in [2.45, 2.75) is 13.0 Å². The van der Waals surface area contributed by atoms with Crippen LogP contribution in [0.25, 0.3) is 22.3 Å². The van der Waals surface area contributed by atoms with Crippen molar-refractivity contribution < 1.29 is 0 Å². The molecule has 0 fully saturated rings. The molecule has 5 heteroatoms. The van der Waals surface area contributed by atoms with E-state index in [2.05, 4.69) is 61.2 Å². The first-order valence-corrected chi connectivity index (χ1v) is 8.45. The lowest BCUT2D eigenvalue weighted by Crippen LogP contribution is -2.31. The third kappa shape index (κ3) is 2.45. The highest BCUT2D eigenvalue weighted by atomic mass is 15.2. The van der Waals surface area contributed by atoms with Gasteiger partial charge in [0.25, 0.3) is 0 Å². The summed E-state index contributed by atoms with van der Waals surface area (Å²) in [6.45, 7) is 1.87. The Balaban J connectivity index is 1.52. The number of aromatic nitrogens is 4. The van der Waals surface area contributed by atoms with Gasteiger partial charge in [0.1, 0.15) is 17.8 Å². The van der Waals surface area contributed by atoms with Gasteiger partial charge in [-0.25, -0.2) is 15.0 Å². The smallest absolute Gasteiger partial charge is 0.137 e. The zero-order chi connectivity index (χ0) is 16.6. The molecule has 0 radical (unpaired) electrons. The Morgan fingerprint density at radius 1 is 0.960 bits per heavy atom. The van der Waals surface area contributed by atoms with Crippen molar-refractivity contribution in [3.63, 3.8) is 0 Å². The average Bonchev–Trinajstić information content (AvgIpc) is 3.12. The molecule has 0 spiro atoms. The second-order valence-corrected chi connectivity index (χ2v) is 6.30. The molecule has 0 amide bonds. The van der Waals surface area contributed by atoms with Crippen LogP contribution in [-0.2, 0) is 13.0 Å². The van der Waals surface area contributed by atoms with Gasteiger partial charge in [-0.3, -0.25) is 0 Å². The van der Waals surface area contributed by atoms with Crippen molar-refractivity contribution >= 4 is 16.9 Å². The summed E-state index contributed by atoms with van der Waals surface area (Å²) in [6.07, 6.45) is 6.46. The molecule has 0 bridgehead atoms. The van der Waals surface area contributed by atoms with E-state index in [0.29, 0.717) is 0 Å². The quantitative estimate of drug-likeness (QED) is 0.611. The lowest BCUT2D eigenvalue weighted by molar-refractivity contribution is 0.719. The van der Waals surface area contributed by atoms with Crippen LogP contribution < -0.4 is 4.90 Å². The molecule has 0 unspecified atom stereocenters. The van der Waals surface area contributed by atoms with Crippen molar-refractivity contribution in [1.29, 1.82) is 0 Å². The van der Waals surface area contributed by atoms with E-state index >= 15 is 0 Å². The van der Waals surface area contributed by atoms with E-state index < -0.39 is 0 Å². The monoisotopic (exact) mass is 327 g/mol. The number of H-pyrrole nitrogens is 1. The summed E-state index contributed by atoms with van der Waals surface area (Å²) in [5.41, 5.74) is 5.68. The number of nitrogens with zero attached hydrogens (tertiary/aromatic N) is 4. The number of nitrogens with one attached hydrogen (secondary N) is 1. The van der Waals surface area contributed by atoms with Gasteiger partial charge in [-0.2, -0.15) is 0 Å². The van der Waals surface area contributed by atoms with Gasteiger partial charge in [-0.15, -0.1) is 0 Å². The molecule has 1 N–H and O–H groups in total. The summed E-state index contributed by atoms with van der Waals surface area (Å²) in [7, 11) is 0. The number of pyridine rings is 1. The summed E-state index contributed by atoms with van der Waals surface area (Å²) < 4.78 is 0. The second kappa shape index (κ2) is 5.70. The van der Waals surface area contributed by atoms with Gasteiger partial charge in [-0.1, -0.05) is 24.3 Å². The molecule has 0 aliphatic carbocycles. The van der Waals surface area contributed by atoms with Gasteiger partial charge >= 0.3 is 0 Å². The van der Waals surface area contributed by atoms with Crippen LogP contribution in [0.4, 0.5) is 5.82 Å². The fourth-order valence-corrected chi connectivity index (χ4v) is 3.53. The first kappa shape index (κ1) is 14.2. The maximum Gasteiger partial charge on any atom is 0.137 e. The predicted octanol–water partition coefficient (Wildman–Crippen LogP) is 3.58. The lowest BCUT2D eigenvalue weighted by Gasteiger charge is -2.29. The van der Waals surface area contributed by atoms with Gasteiger partial charge < -0.3 is 9.88 Å². The standard InChI is InChI=1S/C20H17N5/c1-2-5-15-12-25(9-7-14(15)4-1)19-10-18(23-13-24-19)17-11-22-20-16(17)6-3-8-21-20/h1-6,8,10-11,13H,7,9,12H2,(H,21,22). The largest absolute Gasteiger partial charge is 0.352 e. The number of anilines is 1. The molecule has 5 rings (SSSR count). The van der Waals surface area contributed by atoms with Crippen LogP contribution in [0.15, 0.2) is 61.2 Å². The number of hydrogen-bond donors (Lipinski definition) is 1. The molecule has 122 valence electrons. The minimum atomic E-state index is 0.879. The minimum Gasteiger partial charge on any atom is -0.352 e. The Morgan fingerprint density at radius 2 is 1.88 bits per heavy atom. The normalized spacial score (nSPS) is 13.8. The van der Waals surface area contributed by atoms with E-state index in [1.807, 2.05) is 12.3 Å². The second-order valence-electron chi connectivity index (χ2n) is 6.30. The summed E-state index contributed by atoms with van der Waals surface area (Å²) in [6, 6.07) is 14.7. The zero-order valence-electron chi connectivity index (χ0n) is 13.7. The SMILES string of the molecule is c1ccc2c(c1)CCN(c1cc(-c3c[nH]c4ncccc34)ncn1)C2. The minimum absolute atomic E-state index is 0.879. The molecule has 4 heterocycles. The first-order valence-electron chi connectivity index (χ1n) is 8.45. The van der Waals surface area contributed by atoms with E-state index in [4.69, 9.17) is 0 Å². The molecule has 1 aliphatic heterocycles. The topological polar surface area (TPSA) is 57.7 Å². The fraction of sp³-hybridized carbons (Fsp3) is 0.150. The van der Waals surface area contributed by atoms with Crippen LogP contribution in [0.2, 0.25) is 0 Å². The van der Waals surface area contributed by atoms with Crippen molar-refractivity contribution in [1.82, 2.24) is 19.9 Å². The Bertz CT molecular complexity index is 1050. The molecule has 5 nitrogen and oxygen atoms in total. The number of aromatic amines is 1. The predicted molar refractivity (Wildman–Crippen MR) is 98.3 cm³/mol. The summed E-state index contributed by atoms with van der Waals surface area (Å²) in [5, 5.41) is 1.08. The highest BCUT2D eigenvalue weighted by Crippen LogP contribution is 2.29. The highest BCUT2D eigenvalue weighted by Gasteiger charge is 2.18. The highest BCUT2D eigenvalue weighted by molar-refractivity contribution is 5.92. The van der Waals surface area contributed by atoms with Crippen molar-refractivity contribution in [2.75, 3.05) is 11.4 Å². The summed E-state index contributed by atoms with van der Waals surface area (Å²) >= 11 is 0. The molecule has 3 aromatic heterocycles.